The highest BCUT2D eigenvalue weighted by Crippen LogP contribution is 2.18. The molecule has 1 aliphatic rings. The third-order valence-electron chi connectivity index (χ3n) is 2.48. The summed E-state index contributed by atoms with van der Waals surface area (Å²) < 4.78 is 10.6. The van der Waals surface area contributed by atoms with Crippen LogP contribution in [-0.2, 0) is 11.3 Å². The standard InChI is InChI=1S/C10H16N2O2/c1-8-2-3-9(13-8)6-11-7-10-4-5-12-14-10/h4-5,8-9,11H,2-3,6-7H2,1H3. The van der Waals surface area contributed by atoms with Crippen molar-refractivity contribution in [3.05, 3.63) is 18.0 Å². The molecule has 0 aliphatic carbocycles. The smallest absolute Gasteiger partial charge is 0.150 e. The average molecular weight is 196 g/mol. The van der Waals surface area contributed by atoms with Crippen LogP contribution in [0.3, 0.4) is 0 Å². The normalized spacial score (nSPS) is 26.9. The van der Waals surface area contributed by atoms with Crippen LogP contribution in [0.25, 0.3) is 0 Å². The van der Waals surface area contributed by atoms with Crippen LogP contribution in [0.2, 0.25) is 0 Å². The fourth-order valence-electron chi connectivity index (χ4n) is 1.73. The Balaban J connectivity index is 1.64. The van der Waals surface area contributed by atoms with Gasteiger partial charge in [-0.2, -0.15) is 0 Å². The topological polar surface area (TPSA) is 47.3 Å². The Morgan fingerprint density at radius 3 is 3.14 bits per heavy atom. The van der Waals surface area contributed by atoms with Crippen molar-refractivity contribution in [2.45, 2.75) is 38.5 Å². The van der Waals surface area contributed by atoms with E-state index in [1.165, 1.54) is 6.42 Å². The summed E-state index contributed by atoms with van der Waals surface area (Å²) in [5, 5.41) is 6.93. The Morgan fingerprint density at radius 1 is 1.57 bits per heavy atom. The van der Waals surface area contributed by atoms with E-state index in [9.17, 15) is 0 Å². The molecule has 1 saturated heterocycles. The number of ether oxygens (including phenoxy) is 1. The second-order valence-corrected chi connectivity index (χ2v) is 3.76. The maximum absolute atomic E-state index is 5.67. The van der Waals surface area contributed by atoms with Crippen molar-refractivity contribution in [2.75, 3.05) is 6.54 Å². The van der Waals surface area contributed by atoms with Crippen LogP contribution >= 0.6 is 0 Å². The summed E-state index contributed by atoms with van der Waals surface area (Å²) in [6.07, 6.45) is 4.78. The number of nitrogens with zero attached hydrogens (tertiary/aromatic N) is 1. The zero-order chi connectivity index (χ0) is 9.80. The summed E-state index contributed by atoms with van der Waals surface area (Å²) in [5.41, 5.74) is 0. The Hall–Kier alpha value is -0.870. The fraction of sp³-hybridized carbons (Fsp3) is 0.700. The van der Waals surface area contributed by atoms with Crippen LogP contribution in [0.4, 0.5) is 0 Å². The molecule has 0 amide bonds. The molecule has 2 heterocycles. The van der Waals surface area contributed by atoms with Crippen molar-refractivity contribution in [1.82, 2.24) is 10.5 Å². The van der Waals surface area contributed by atoms with Crippen molar-refractivity contribution in [1.29, 1.82) is 0 Å². The summed E-state index contributed by atoms with van der Waals surface area (Å²) in [5.74, 6) is 0.871. The summed E-state index contributed by atoms with van der Waals surface area (Å²) in [6, 6.07) is 1.87. The van der Waals surface area contributed by atoms with Gasteiger partial charge in [-0.05, 0) is 19.8 Å². The lowest BCUT2D eigenvalue weighted by Gasteiger charge is -2.10. The maximum Gasteiger partial charge on any atom is 0.150 e. The molecule has 1 N–H and O–H groups in total. The van der Waals surface area contributed by atoms with E-state index in [1.54, 1.807) is 6.20 Å². The summed E-state index contributed by atoms with van der Waals surface area (Å²) in [7, 11) is 0. The SMILES string of the molecule is CC1CCC(CNCc2ccno2)O1. The molecule has 2 unspecified atom stereocenters. The van der Waals surface area contributed by atoms with Gasteiger partial charge in [-0.25, -0.2) is 0 Å². The molecule has 0 radical (unpaired) electrons. The van der Waals surface area contributed by atoms with Gasteiger partial charge in [-0.1, -0.05) is 5.16 Å². The van der Waals surface area contributed by atoms with Crippen LogP contribution in [0.15, 0.2) is 16.8 Å². The van der Waals surface area contributed by atoms with E-state index >= 15 is 0 Å². The second kappa shape index (κ2) is 4.57. The lowest BCUT2D eigenvalue weighted by Crippen LogP contribution is -2.26. The van der Waals surface area contributed by atoms with Gasteiger partial charge >= 0.3 is 0 Å². The van der Waals surface area contributed by atoms with Crippen molar-refractivity contribution in [2.24, 2.45) is 0 Å². The zero-order valence-corrected chi connectivity index (χ0v) is 8.40. The molecule has 2 atom stereocenters. The molecule has 78 valence electrons. The van der Waals surface area contributed by atoms with E-state index < -0.39 is 0 Å². The molecule has 0 saturated carbocycles. The van der Waals surface area contributed by atoms with Gasteiger partial charge in [0.25, 0.3) is 0 Å². The van der Waals surface area contributed by atoms with Gasteiger partial charge in [0.2, 0.25) is 0 Å². The Kier molecular flexibility index (Phi) is 3.16. The highest BCUT2D eigenvalue weighted by molar-refractivity contribution is 4.92. The van der Waals surface area contributed by atoms with Crippen LogP contribution in [0.5, 0.6) is 0 Å². The minimum Gasteiger partial charge on any atom is -0.374 e. The summed E-state index contributed by atoms with van der Waals surface area (Å²) in [4.78, 5) is 0. The largest absolute Gasteiger partial charge is 0.374 e. The highest BCUT2D eigenvalue weighted by atomic mass is 16.5. The Morgan fingerprint density at radius 2 is 2.50 bits per heavy atom. The minimum atomic E-state index is 0.368. The third kappa shape index (κ3) is 2.56. The van der Waals surface area contributed by atoms with E-state index in [1.807, 2.05) is 6.07 Å². The van der Waals surface area contributed by atoms with Gasteiger partial charge in [0.1, 0.15) is 5.76 Å². The van der Waals surface area contributed by atoms with Gasteiger partial charge in [-0.3, -0.25) is 0 Å². The molecule has 2 rings (SSSR count). The van der Waals surface area contributed by atoms with Gasteiger partial charge in [-0.15, -0.1) is 0 Å². The zero-order valence-electron chi connectivity index (χ0n) is 8.40. The fourth-order valence-corrected chi connectivity index (χ4v) is 1.73. The molecule has 0 spiro atoms. The van der Waals surface area contributed by atoms with Crippen LogP contribution in [0.1, 0.15) is 25.5 Å². The quantitative estimate of drug-likeness (QED) is 0.789. The Bertz CT molecular complexity index is 261. The van der Waals surface area contributed by atoms with Crippen LogP contribution in [-0.4, -0.2) is 23.9 Å². The van der Waals surface area contributed by atoms with Gasteiger partial charge in [0, 0.05) is 12.6 Å². The molecule has 14 heavy (non-hydrogen) atoms. The van der Waals surface area contributed by atoms with Gasteiger partial charge in [0.05, 0.1) is 24.9 Å². The van der Waals surface area contributed by atoms with E-state index in [-0.39, 0.29) is 0 Å². The van der Waals surface area contributed by atoms with Crippen LogP contribution < -0.4 is 5.32 Å². The van der Waals surface area contributed by atoms with E-state index in [4.69, 9.17) is 9.26 Å². The second-order valence-electron chi connectivity index (χ2n) is 3.76. The van der Waals surface area contributed by atoms with Crippen molar-refractivity contribution in [3.8, 4) is 0 Å². The monoisotopic (exact) mass is 196 g/mol. The molecular weight excluding hydrogens is 180 g/mol. The molecule has 0 aromatic carbocycles. The average Bonchev–Trinajstić information content (AvgIpc) is 2.77. The first kappa shape index (κ1) is 9.68. The molecule has 4 heteroatoms. The summed E-state index contributed by atoms with van der Waals surface area (Å²) >= 11 is 0. The van der Waals surface area contributed by atoms with Crippen molar-refractivity contribution < 1.29 is 9.26 Å². The highest BCUT2D eigenvalue weighted by Gasteiger charge is 2.20. The summed E-state index contributed by atoms with van der Waals surface area (Å²) in [6.45, 7) is 3.75. The number of aromatic nitrogens is 1. The number of nitrogens with one attached hydrogen (secondary N) is 1. The van der Waals surface area contributed by atoms with Crippen molar-refractivity contribution in [3.63, 3.8) is 0 Å². The maximum atomic E-state index is 5.67. The lowest BCUT2D eigenvalue weighted by molar-refractivity contribution is 0.0556. The van der Waals surface area contributed by atoms with E-state index in [0.717, 1.165) is 25.3 Å². The molecule has 4 nitrogen and oxygen atoms in total. The lowest BCUT2D eigenvalue weighted by atomic mass is 10.2. The van der Waals surface area contributed by atoms with E-state index in [2.05, 4.69) is 17.4 Å². The Labute approximate surface area is 83.6 Å². The van der Waals surface area contributed by atoms with Crippen LogP contribution in [0, 0.1) is 0 Å². The molecule has 1 aromatic heterocycles. The molecule has 1 aliphatic heterocycles. The molecule has 0 bridgehead atoms. The number of rotatable bonds is 4. The predicted molar refractivity (Wildman–Crippen MR) is 51.8 cm³/mol. The first-order valence-corrected chi connectivity index (χ1v) is 5.10. The third-order valence-corrected chi connectivity index (χ3v) is 2.48. The van der Waals surface area contributed by atoms with Gasteiger partial charge < -0.3 is 14.6 Å². The predicted octanol–water partition coefficient (Wildman–Crippen LogP) is 1.33. The van der Waals surface area contributed by atoms with Crippen molar-refractivity contribution >= 4 is 0 Å². The van der Waals surface area contributed by atoms with Gasteiger partial charge in [0.15, 0.2) is 0 Å². The molecular formula is C10H16N2O2. The molecule has 1 aromatic rings. The first-order valence-electron chi connectivity index (χ1n) is 5.10. The number of hydrogen-bond acceptors (Lipinski definition) is 4. The molecule has 1 fully saturated rings. The van der Waals surface area contributed by atoms with E-state index in [0.29, 0.717) is 12.2 Å². The number of hydrogen-bond donors (Lipinski definition) is 1. The first-order chi connectivity index (χ1) is 6.84. The minimum absolute atomic E-state index is 0.368.